The van der Waals surface area contributed by atoms with Gasteiger partial charge in [0, 0.05) is 0 Å². The summed E-state index contributed by atoms with van der Waals surface area (Å²) in [6.07, 6.45) is -5.57. The van der Waals surface area contributed by atoms with Gasteiger partial charge in [0.05, 0.1) is 0 Å². The summed E-state index contributed by atoms with van der Waals surface area (Å²) in [6.45, 7) is 0. The number of carbonyl (C=O) groups is 2. The van der Waals surface area contributed by atoms with Gasteiger partial charge in [0.1, 0.15) is 0 Å². The third kappa shape index (κ3) is 5.09. The second-order valence-electron chi connectivity index (χ2n) is 2.67. The molecule has 0 rings (SSSR count). The molecule has 7 N–H and O–H groups in total. The number of carbonyl (C=O) groups excluding carboxylic acids is 2. The molecule has 0 bridgehead atoms. The lowest BCUT2D eigenvalue weighted by molar-refractivity contribution is -0.149. The standard InChI is InChI=1S/C5H10NO8P/c7-2(1-15(12,13)14)3(8)4(9)5(10)6-11/h2,4,7,9,12-14H,1H2,(H-,6,10,11)/p+1/t2-,4-/m1/s1. The van der Waals surface area contributed by atoms with Gasteiger partial charge in [-0.25, -0.2) is 5.48 Å². The van der Waals surface area contributed by atoms with Gasteiger partial charge in [-0.1, -0.05) is 0 Å². The van der Waals surface area contributed by atoms with Crippen molar-refractivity contribution in [3.63, 3.8) is 0 Å². The Morgan fingerprint density at radius 1 is 1.20 bits per heavy atom. The molecule has 10 heteroatoms. The molecular weight excluding hydrogens is 233 g/mol. The number of aliphatic hydroxyl groups excluding tert-OH is 2. The number of hydrogen-bond donors (Lipinski definition) is 7. The summed E-state index contributed by atoms with van der Waals surface area (Å²) in [5, 5.41) is 25.8. The van der Waals surface area contributed by atoms with Crippen LogP contribution in [-0.2, 0) is 9.59 Å². The van der Waals surface area contributed by atoms with Crippen molar-refractivity contribution >= 4 is 19.6 Å². The summed E-state index contributed by atoms with van der Waals surface area (Å²) >= 11 is 0. The van der Waals surface area contributed by atoms with Crippen LogP contribution in [0.15, 0.2) is 0 Å². The summed E-state index contributed by atoms with van der Waals surface area (Å²) < 4.78 is 0. The van der Waals surface area contributed by atoms with Crippen LogP contribution >= 0.6 is 7.94 Å². The first-order chi connectivity index (χ1) is 6.69. The minimum Gasteiger partial charge on any atom is -0.381 e. The van der Waals surface area contributed by atoms with Crippen LogP contribution in [-0.4, -0.2) is 60.2 Å². The summed E-state index contributed by atoms with van der Waals surface area (Å²) in [7, 11) is -4.38. The number of ketones is 1. The van der Waals surface area contributed by atoms with E-state index in [4.69, 9.17) is 30.1 Å². The molecule has 1 amide bonds. The third-order valence-corrected chi connectivity index (χ3v) is 2.21. The van der Waals surface area contributed by atoms with E-state index in [1.807, 2.05) is 0 Å². The molecule has 0 fully saturated rings. The highest BCUT2D eigenvalue weighted by molar-refractivity contribution is 7.58. The summed E-state index contributed by atoms with van der Waals surface area (Å²) in [6, 6.07) is 0. The van der Waals surface area contributed by atoms with Gasteiger partial charge in [0.25, 0.3) is 5.91 Å². The molecule has 0 aliphatic rings. The Labute approximate surface area is 84.1 Å². The normalized spacial score (nSPS) is 15.6. The lowest BCUT2D eigenvalue weighted by Gasteiger charge is -2.12. The number of Topliss-reactive ketones (excluding diaryl/α,β-unsaturated/α-hetero) is 1. The minimum atomic E-state index is -4.38. The van der Waals surface area contributed by atoms with E-state index in [0.29, 0.717) is 0 Å². The predicted octanol–water partition coefficient (Wildman–Crippen LogP) is -3.48. The highest BCUT2D eigenvalue weighted by Gasteiger charge is 2.40. The van der Waals surface area contributed by atoms with Crippen molar-refractivity contribution in [2.24, 2.45) is 0 Å². The van der Waals surface area contributed by atoms with Gasteiger partial charge in [-0.2, -0.15) is 14.7 Å². The van der Waals surface area contributed by atoms with Crippen molar-refractivity contribution < 1.29 is 39.7 Å². The number of aliphatic hydroxyl groups is 2. The van der Waals surface area contributed by atoms with Gasteiger partial charge < -0.3 is 10.2 Å². The Bertz CT molecular complexity index is 250. The smallest absolute Gasteiger partial charge is 0.381 e. The van der Waals surface area contributed by atoms with Crippen molar-refractivity contribution in [3.8, 4) is 0 Å². The van der Waals surface area contributed by atoms with Crippen molar-refractivity contribution in [2.75, 3.05) is 6.16 Å². The minimum absolute atomic E-state index is 0.964. The first-order valence-electron chi connectivity index (χ1n) is 3.59. The highest BCUT2D eigenvalue weighted by atomic mass is 31.2. The van der Waals surface area contributed by atoms with Crippen LogP contribution < -0.4 is 5.48 Å². The Hall–Kier alpha value is -0.670. The van der Waals surface area contributed by atoms with Crippen LogP contribution in [0.2, 0.25) is 0 Å². The van der Waals surface area contributed by atoms with Gasteiger partial charge in [-0.15, -0.1) is 0 Å². The maximum atomic E-state index is 10.9. The van der Waals surface area contributed by atoms with Gasteiger partial charge in [-0.05, 0) is 0 Å². The largest absolute Gasteiger partial charge is 0.406 e. The molecule has 0 heterocycles. The number of hydrogen-bond acceptors (Lipinski definition) is 8. The van der Waals surface area contributed by atoms with Crippen LogP contribution in [0.25, 0.3) is 0 Å². The van der Waals surface area contributed by atoms with Crippen molar-refractivity contribution in [3.05, 3.63) is 0 Å². The zero-order valence-corrected chi connectivity index (χ0v) is 8.20. The Kier molecular flexibility index (Phi) is 5.18. The Morgan fingerprint density at radius 3 is 2.00 bits per heavy atom. The van der Waals surface area contributed by atoms with E-state index in [-0.39, 0.29) is 0 Å². The summed E-state index contributed by atoms with van der Waals surface area (Å²) in [4.78, 5) is 46.9. The first kappa shape index (κ1) is 14.3. The van der Waals surface area contributed by atoms with E-state index < -0.39 is 38.0 Å². The molecular formula is C5H11NO8P+. The summed E-state index contributed by atoms with van der Waals surface area (Å²) in [5.74, 6) is -2.94. The van der Waals surface area contributed by atoms with Gasteiger partial charge in [0.2, 0.25) is 5.78 Å². The molecule has 15 heavy (non-hydrogen) atoms. The zero-order chi connectivity index (χ0) is 12.2. The van der Waals surface area contributed by atoms with Gasteiger partial charge >= 0.3 is 7.94 Å². The van der Waals surface area contributed by atoms with Crippen molar-refractivity contribution in [2.45, 2.75) is 12.2 Å². The molecule has 0 aliphatic carbocycles. The number of rotatable bonds is 5. The fourth-order valence-electron chi connectivity index (χ4n) is 0.695. The predicted molar refractivity (Wildman–Crippen MR) is 45.4 cm³/mol. The molecule has 0 spiro atoms. The molecule has 0 aromatic rings. The lowest BCUT2D eigenvalue weighted by Crippen LogP contribution is -2.44. The van der Waals surface area contributed by atoms with E-state index in [1.165, 1.54) is 0 Å². The van der Waals surface area contributed by atoms with Gasteiger partial charge in [0.15, 0.2) is 18.4 Å². The average Bonchev–Trinajstić information content (AvgIpc) is 2.11. The Balaban J connectivity index is 4.39. The SMILES string of the molecule is O=C(NO)[C@H](O)C(=O)[C@H](O)C[P+](O)(O)O. The molecule has 0 unspecified atom stereocenters. The Morgan fingerprint density at radius 2 is 1.67 bits per heavy atom. The van der Waals surface area contributed by atoms with Crippen LogP contribution in [0.3, 0.4) is 0 Å². The van der Waals surface area contributed by atoms with Crippen molar-refractivity contribution in [1.82, 2.24) is 5.48 Å². The maximum absolute atomic E-state index is 10.9. The molecule has 88 valence electrons. The van der Waals surface area contributed by atoms with E-state index in [0.717, 1.165) is 5.48 Å². The fraction of sp³-hybridized carbons (Fsp3) is 0.600. The fourth-order valence-corrected chi connectivity index (χ4v) is 1.34. The van der Waals surface area contributed by atoms with E-state index >= 15 is 0 Å². The topological polar surface area (TPSA) is 168 Å². The van der Waals surface area contributed by atoms with E-state index in [2.05, 4.69) is 0 Å². The molecule has 0 aromatic carbocycles. The summed E-state index contributed by atoms with van der Waals surface area (Å²) in [5.41, 5.74) is 0.964. The average molecular weight is 244 g/mol. The maximum Gasteiger partial charge on any atom is 0.406 e. The first-order valence-corrected chi connectivity index (χ1v) is 5.42. The lowest BCUT2D eigenvalue weighted by atomic mass is 10.1. The van der Waals surface area contributed by atoms with Crippen LogP contribution in [0.4, 0.5) is 0 Å². The molecule has 0 saturated heterocycles. The molecule has 9 nitrogen and oxygen atoms in total. The number of amides is 1. The van der Waals surface area contributed by atoms with Crippen LogP contribution in [0.5, 0.6) is 0 Å². The second kappa shape index (κ2) is 5.42. The molecule has 0 radical (unpaired) electrons. The van der Waals surface area contributed by atoms with Crippen LogP contribution in [0.1, 0.15) is 0 Å². The van der Waals surface area contributed by atoms with Crippen LogP contribution in [0, 0.1) is 0 Å². The third-order valence-electron chi connectivity index (χ3n) is 1.37. The van der Waals surface area contributed by atoms with E-state index in [1.54, 1.807) is 0 Å². The van der Waals surface area contributed by atoms with Gasteiger partial charge in [-0.3, -0.25) is 14.8 Å². The number of hydroxylamine groups is 1. The highest BCUT2D eigenvalue weighted by Crippen LogP contribution is 2.44. The molecule has 0 aromatic heterocycles. The van der Waals surface area contributed by atoms with E-state index in [9.17, 15) is 9.59 Å². The zero-order valence-electron chi connectivity index (χ0n) is 7.31. The number of nitrogens with one attached hydrogen (secondary N) is 1. The molecule has 0 aliphatic heterocycles. The van der Waals surface area contributed by atoms with Crippen molar-refractivity contribution in [1.29, 1.82) is 0 Å². The monoisotopic (exact) mass is 244 g/mol. The quantitative estimate of drug-likeness (QED) is 0.113. The second-order valence-corrected chi connectivity index (χ2v) is 4.42. The molecule has 0 saturated carbocycles. The molecule has 2 atom stereocenters.